The van der Waals surface area contributed by atoms with Gasteiger partial charge in [0, 0.05) is 28.1 Å². The Bertz CT molecular complexity index is 615. The number of nitrogens with one attached hydrogen (secondary N) is 1. The third kappa shape index (κ3) is 5.20. The smallest absolute Gasteiger partial charge is 0.124 e. The fourth-order valence-corrected chi connectivity index (χ4v) is 2.55. The molecule has 0 saturated carbocycles. The first-order valence-corrected chi connectivity index (χ1v) is 7.83. The van der Waals surface area contributed by atoms with E-state index in [4.69, 9.17) is 16.3 Å². The Morgan fingerprint density at radius 3 is 2.86 bits per heavy atom. The molecule has 0 aliphatic carbocycles. The summed E-state index contributed by atoms with van der Waals surface area (Å²) in [5.74, 6) is 0.870. The molecule has 2 nitrogen and oxygen atoms in total. The second kappa shape index (κ2) is 8.23. The van der Waals surface area contributed by atoms with E-state index in [-0.39, 0.29) is 0 Å². The average molecular weight is 367 g/mol. The molecule has 0 aliphatic heterocycles. The van der Waals surface area contributed by atoms with Gasteiger partial charge >= 0.3 is 0 Å². The number of halogens is 2. The van der Waals surface area contributed by atoms with Crippen LogP contribution in [0.5, 0.6) is 5.75 Å². The Balaban J connectivity index is 2.06. The Morgan fingerprint density at radius 2 is 2.10 bits per heavy atom. The van der Waals surface area contributed by atoms with E-state index in [1.807, 2.05) is 42.5 Å². The van der Waals surface area contributed by atoms with Gasteiger partial charge in [-0.15, -0.1) is 6.58 Å². The molecule has 2 rings (SSSR count). The molecule has 0 atom stereocenters. The fraction of sp³-hybridized carbons (Fsp3) is 0.176. The maximum absolute atomic E-state index is 5.98. The van der Waals surface area contributed by atoms with Gasteiger partial charge in [-0.3, -0.25) is 0 Å². The zero-order valence-electron chi connectivity index (χ0n) is 11.6. The molecule has 110 valence electrons. The maximum Gasteiger partial charge on any atom is 0.124 e. The van der Waals surface area contributed by atoms with Gasteiger partial charge in [-0.2, -0.15) is 0 Å². The zero-order chi connectivity index (χ0) is 15.1. The van der Waals surface area contributed by atoms with Gasteiger partial charge in [0.2, 0.25) is 0 Å². The predicted octanol–water partition coefficient (Wildman–Crippen LogP) is 4.96. The summed E-state index contributed by atoms with van der Waals surface area (Å²) in [5.41, 5.74) is 2.16. The molecule has 0 spiro atoms. The highest BCUT2D eigenvalue weighted by molar-refractivity contribution is 9.10. The normalized spacial score (nSPS) is 10.4. The number of hydrogen-bond donors (Lipinski definition) is 1. The Hall–Kier alpha value is -1.29. The van der Waals surface area contributed by atoms with E-state index in [9.17, 15) is 0 Å². The highest BCUT2D eigenvalue weighted by Crippen LogP contribution is 2.24. The molecule has 4 heteroatoms. The SMILES string of the molecule is C=CCNCc1cc(Br)ccc1OCc1cccc(Cl)c1. The fourth-order valence-electron chi connectivity index (χ4n) is 1.92. The number of ether oxygens (including phenoxy) is 1. The van der Waals surface area contributed by atoms with Crippen molar-refractivity contribution in [3.8, 4) is 5.75 Å². The van der Waals surface area contributed by atoms with Crippen LogP contribution in [-0.2, 0) is 13.2 Å². The van der Waals surface area contributed by atoms with Crippen LogP contribution in [0.25, 0.3) is 0 Å². The topological polar surface area (TPSA) is 21.3 Å². The van der Waals surface area contributed by atoms with Gasteiger partial charge in [0.15, 0.2) is 0 Å². The molecule has 0 unspecified atom stereocenters. The second-order valence-corrected chi connectivity index (χ2v) is 5.94. The minimum Gasteiger partial charge on any atom is -0.489 e. The highest BCUT2D eigenvalue weighted by atomic mass is 79.9. The minimum absolute atomic E-state index is 0.497. The summed E-state index contributed by atoms with van der Waals surface area (Å²) in [6, 6.07) is 13.7. The Labute approximate surface area is 138 Å². The van der Waals surface area contributed by atoms with E-state index in [1.54, 1.807) is 0 Å². The molecular weight excluding hydrogens is 350 g/mol. The van der Waals surface area contributed by atoms with Crippen LogP contribution in [0, 0.1) is 0 Å². The molecule has 0 fully saturated rings. The van der Waals surface area contributed by atoms with Crippen molar-refractivity contribution in [2.75, 3.05) is 6.54 Å². The lowest BCUT2D eigenvalue weighted by Gasteiger charge is -2.12. The van der Waals surface area contributed by atoms with Gasteiger partial charge in [0.05, 0.1) is 0 Å². The Kier molecular flexibility index (Phi) is 6.30. The third-order valence-corrected chi connectivity index (χ3v) is 3.64. The molecule has 0 aromatic heterocycles. The first kappa shape index (κ1) is 16.1. The lowest BCUT2D eigenvalue weighted by Crippen LogP contribution is -2.13. The van der Waals surface area contributed by atoms with Crippen LogP contribution in [0.3, 0.4) is 0 Å². The van der Waals surface area contributed by atoms with Crippen LogP contribution in [0.4, 0.5) is 0 Å². The van der Waals surface area contributed by atoms with Crippen molar-refractivity contribution in [1.82, 2.24) is 5.32 Å². The van der Waals surface area contributed by atoms with Gasteiger partial charge in [0.25, 0.3) is 0 Å². The summed E-state index contributed by atoms with van der Waals surface area (Å²) < 4.78 is 6.95. The van der Waals surface area contributed by atoms with Crippen molar-refractivity contribution in [3.05, 3.63) is 75.7 Å². The van der Waals surface area contributed by atoms with E-state index in [2.05, 4.69) is 33.9 Å². The molecule has 21 heavy (non-hydrogen) atoms. The highest BCUT2D eigenvalue weighted by Gasteiger charge is 2.05. The summed E-state index contributed by atoms with van der Waals surface area (Å²) in [7, 11) is 0. The summed E-state index contributed by atoms with van der Waals surface area (Å²) in [6.45, 7) is 5.69. The molecule has 0 heterocycles. The van der Waals surface area contributed by atoms with E-state index in [0.29, 0.717) is 6.61 Å². The van der Waals surface area contributed by atoms with Crippen molar-refractivity contribution in [1.29, 1.82) is 0 Å². The number of benzene rings is 2. The summed E-state index contributed by atoms with van der Waals surface area (Å²) in [4.78, 5) is 0. The molecule has 1 N–H and O–H groups in total. The number of hydrogen-bond acceptors (Lipinski definition) is 2. The van der Waals surface area contributed by atoms with Crippen LogP contribution in [0.15, 0.2) is 59.6 Å². The van der Waals surface area contributed by atoms with E-state index >= 15 is 0 Å². The van der Waals surface area contributed by atoms with Gasteiger partial charge in [0.1, 0.15) is 12.4 Å². The van der Waals surface area contributed by atoms with Gasteiger partial charge in [-0.25, -0.2) is 0 Å². The van der Waals surface area contributed by atoms with E-state index in [0.717, 1.165) is 39.5 Å². The molecule has 0 amide bonds. The summed E-state index contributed by atoms with van der Waals surface area (Å²) in [6.07, 6.45) is 1.84. The zero-order valence-corrected chi connectivity index (χ0v) is 14.0. The van der Waals surface area contributed by atoms with Crippen molar-refractivity contribution in [2.45, 2.75) is 13.2 Å². The van der Waals surface area contributed by atoms with Crippen LogP contribution in [0.2, 0.25) is 5.02 Å². The molecule has 0 aliphatic rings. The third-order valence-electron chi connectivity index (χ3n) is 2.91. The average Bonchev–Trinajstić information content (AvgIpc) is 2.47. The molecule has 2 aromatic carbocycles. The predicted molar refractivity (Wildman–Crippen MR) is 91.8 cm³/mol. The van der Waals surface area contributed by atoms with Crippen molar-refractivity contribution >= 4 is 27.5 Å². The van der Waals surface area contributed by atoms with E-state index < -0.39 is 0 Å². The molecule has 0 radical (unpaired) electrons. The molecule has 0 bridgehead atoms. The lowest BCUT2D eigenvalue weighted by atomic mass is 10.2. The van der Waals surface area contributed by atoms with Gasteiger partial charge in [-0.05, 0) is 35.9 Å². The summed E-state index contributed by atoms with van der Waals surface area (Å²) >= 11 is 9.47. The second-order valence-electron chi connectivity index (χ2n) is 4.59. The van der Waals surface area contributed by atoms with Crippen LogP contribution < -0.4 is 10.1 Å². The quantitative estimate of drug-likeness (QED) is 0.552. The van der Waals surface area contributed by atoms with Gasteiger partial charge < -0.3 is 10.1 Å². The van der Waals surface area contributed by atoms with E-state index in [1.165, 1.54) is 0 Å². The Morgan fingerprint density at radius 1 is 1.24 bits per heavy atom. The lowest BCUT2D eigenvalue weighted by molar-refractivity contribution is 0.302. The largest absolute Gasteiger partial charge is 0.489 e. The number of rotatable bonds is 7. The first-order valence-electron chi connectivity index (χ1n) is 6.66. The van der Waals surface area contributed by atoms with Gasteiger partial charge in [-0.1, -0.05) is 45.7 Å². The summed E-state index contributed by atoms with van der Waals surface area (Å²) in [5, 5.41) is 4.01. The monoisotopic (exact) mass is 365 g/mol. The standard InChI is InChI=1S/C17H17BrClNO/c1-2-8-20-11-14-10-15(18)6-7-17(14)21-12-13-4-3-5-16(19)9-13/h2-7,9-10,20H,1,8,11-12H2. The molecule has 2 aromatic rings. The van der Waals surface area contributed by atoms with Crippen molar-refractivity contribution in [2.24, 2.45) is 0 Å². The van der Waals surface area contributed by atoms with Crippen molar-refractivity contribution in [3.63, 3.8) is 0 Å². The maximum atomic E-state index is 5.98. The van der Waals surface area contributed by atoms with Crippen LogP contribution >= 0.6 is 27.5 Å². The minimum atomic E-state index is 0.497. The molecular formula is C17H17BrClNO. The van der Waals surface area contributed by atoms with Crippen molar-refractivity contribution < 1.29 is 4.74 Å². The van der Waals surface area contributed by atoms with Crippen LogP contribution in [-0.4, -0.2) is 6.54 Å². The molecule has 0 saturated heterocycles. The van der Waals surface area contributed by atoms with Crippen LogP contribution in [0.1, 0.15) is 11.1 Å². The first-order chi connectivity index (χ1) is 10.2.